The van der Waals surface area contributed by atoms with Gasteiger partial charge in [-0.2, -0.15) is 0 Å². The van der Waals surface area contributed by atoms with Gasteiger partial charge >= 0.3 is 5.97 Å². The average Bonchev–Trinajstić information content (AvgIpc) is 2.64. The first-order chi connectivity index (χ1) is 7.42. The van der Waals surface area contributed by atoms with Crippen molar-refractivity contribution in [2.24, 2.45) is 5.41 Å². The van der Waals surface area contributed by atoms with Crippen molar-refractivity contribution in [2.45, 2.75) is 26.8 Å². The molecule has 0 spiro atoms. The molecular weight excluding hydrogens is 208 g/mol. The molecule has 0 unspecified atom stereocenters. The van der Waals surface area contributed by atoms with Gasteiger partial charge in [-0.05, 0) is 11.6 Å². The lowest BCUT2D eigenvalue weighted by molar-refractivity contribution is -0.144. The monoisotopic (exact) mass is 224 g/mol. The van der Waals surface area contributed by atoms with Gasteiger partial charge in [-0.3, -0.25) is 9.59 Å². The molecule has 0 radical (unpaired) electrons. The molecule has 5 nitrogen and oxygen atoms in total. The lowest BCUT2D eigenvalue weighted by atomic mass is 9.88. The van der Waals surface area contributed by atoms with Gasteiger partial charge in [-0.1, -0.05) is 13.8 Å². The van der Waals surface area contributed by atoms with Crippen LogP contribution in [-0.4, -0.2) is 22.0 Å². The Morgan fingerprint density at radius 2 is 2.19 bits per heavy atom. The summed E-state index contributed by atoms with van der Waals surface area (Å²) in [5.74, 6) is -1.22. The van der Waals surface area contributed by atoms with Gasteiger partial charge in [-0.25, -0.2) is 0 Å². The fourth-order valence-electron chi connectivity index (χ4n) is 1.35. The molecule has 1 rings (SSSR count). The van der Waals surface area contributed by atoms with E-state index in [0.717, 1.165) is 5.56 Å². The van der Waals surface area contributed by atoms with E-state index in [0.29, 0.717) is 6.54 Å². The van der Waals surface area contributed by atoms with Crippen LogP contribution in [0.4, 0.5) is 0 Å². The molecule has 0 saturated heterocycles. The Kier molecular flexibility index (Phi) is 3.71. The summed E-state index contributed by atoms with van der Waals surface area (Å²) in [5, 5.41) is 11.4. The Balaban J connectivity index is 2.48. The molecule has 1 amide bonds. The molecule has 5 heteroatoms. The smallest absolute Gasteiger partial charge is 0.304 e. The van der Waals surface area contributed by atoms with Crippen LogP contribution in [0.3, 0.4) is 0 Å². The molecule has 88 valence electrons. The molecule has 16 heavy (non-hydrogen) atoms. The number of hydrogen-bond acceptors (Lipinski definition) is 2. The highest BCUT2D eigenvalue weighted by Gasteiger charge is 2.30. The fourth-order valence-corrected chi connectivity index (χ4v) is 1.35. The van der Waals surface area contributed by atoms with Crippen molar-refractivity contribution in [2.75, 3.05) is 0 Å². The second-order valence-corrected chi connectivity index (χ2v) is 4.36. The molecule has 1 aromatic heterocycles. The number of carbonyl (C=O) groups excluding carboxylic acids is 1. The van der Waals surface area contributed by atoms with Crippen molar-refractivity contribution in [1.29, 1.82) is 0 Å². The number of rotatable bonds is 5. The molecule has 0 bridgehead atoms. The van der Waals surface area contributed by atoms with Crippen LogP contribution < -0.4 is 5.32 Å². The highest BCUT2D eigenvalue weighted by Crippen LogP contribution is 2.20. The van der Waals surface area contributed by atoms with Gasteiger partial charge in [0.05, 0.1) is 11.8 Å². The lowest BCUT2D eigenvalue weighted by Gasteiger charge is -2.21. The number of aromatic nitrogens is 1. The standard InChI is InChI=1S/C11H16N2O3/c1-11(2,5-9(14)15)10(16)13-7-8-3-4-12-6-8/h3-4,6,12H,5,7H2,1-2H3,(H,13,16)(H,14,15). The van der Waals surface area contributed by atoms with Crippen LogP contribution in [0.2, 0.25) is 0 Å². The van der Waals surface area contributed by atoms with Crippen molar-refractivity contribution in [3.63, 3.8) is 0 Å². The van der Waals surface area contributed by atoms with Crippen molar-refractivity contribution < 1.29 is 14.7 Å². The maximum atomic E-state index is 11.7. The Morgan fingerprint density at radius 1 is 1.50 bits per heavy atom. The minimum absolute atomic E-state index is 0.175. The van der Waals surface area contributed by atoms with Crippen LogP contribution in [-0.2, 0) is 16.1 Å². The van der Waals surface area contributed by atoms with Gasteiger partial charge in [0, 0.05) is 18.9 Å². The van der Waals surface area contributed by atoms with E-state index in [2.05, 4.69) is 10.3 Å². The van der Waals surface area contributed by atoms with Crippen LogP contribution in [0.1, 0.15) is 25.8 Å². The summed E-state index contributed by atoms with van der Waals surface area (Å²) in [6.07, 6.45) is 3.38. The molecule has 0 atom stereocenters. The third-order valence-corrected chi connectivity index (χ3v) is 2.32. The molecule has 0 aliphatic carbocycles. The summed E-state index contributed by atoms with van der Waals surface area (Å²) < 4.78 is 0. The quantitative estimate of drug-likeness (QED) is 0.701. The Morgan fingerprint density at radius 3 is 2.69 bits per heavy atom. The molecule has 0 aliphatic heterocycles. The van der Waals surface area contributed by atoms with Crippen LogP contribution in [0, 0.1) is 5.41 Å². The van der Waals surface area contributed by atoms with Crippen LogP contribution in [0.15, 0.2) is 18.5 Å². The highest BCUT2D eigenvalue weighted by atomic mass is 16.4. The first kappa shape index (κ1) is 12.3. The normalized spacial score (nSPS) is 11.1. The first-order valence-corrected chi connectivity index (χ1v) is 5.03. The minimum atomic E-state index is -0.971. The molecule has 1 heterocycles. The van der Waals surface area contributed by atoms with Crippen LogP contribution in [0.5, 0.6) is 0 Å². The zero-order chi connectivity index (χ0) is 12.2. The summed E-state index contributed by atoms with van der Waals surface area (Å²) in [4.78, 5) is 25.2. The molecular formula is C11H16N2O3. The van der Waals surface area contributed by atoms with Crippen LogP contribution >= 0.6 is 0 Å². The van der Waals surface area contributed by atoms with E-state index in [4.69, 9.17) is 5.11 Å². The Labute approximate surface area is 93.9 Å². The molecule has 0 aromatic carbocycles. The number of carboxylic acids is 1. The molecule has 3 N–H and O–H groups in total. The van der Waals surface area contributed by atoms with Gasteiger partial charge in [0.25, 0.3) is 0 Å². The number of aliphatic carboxylic acids is 1. The second-order valence-electron chi connectivity index (χ2n) is 4.36. The van der Waals surface area contributed by atoms with Gasteiger partial charge in [-0.15, -0.1) is 0 Å². The number of hydrogen-bond donors (Lipinski definition) is 3. The highest BCUT2D eigenvalue weighted by molar-refractivity contribution is 5.86. The molecule has 1 aromatic rings. The average molecular weight is 224 g/mol. The van der Waals surface area contributed by atoms with E-state index in [1.54, 1.807) is 26.2 Å². The predicted octanol–water partition coefficient (Wildman–Crippen LogP) is 1.13. The molecule has 0 saturated carbocycles. The largest absolute Gasteiger partial charge is 0.481 e. The van der Waals surface area contributed by atoms with E-state index in [1.165, 1.54) is 0 Å². The SMILES string of the molecule is CC(C)(CC(=O)O)C(=O)NCc1cc[nH]c1. The Hall–Kier alpha value is -1.78. The van der Waals surface area contributed by atoms with E-state index < -0.39 is 11.4 Å². The maximum absolute atomic E-state index is 11.7. The van der Waals surface area contributed by atoms with Crippen molar-refractivity contribution in [3.05, 3.63) is 24.0 Å². The number of carbonyl (C=O) groups is 2. The molecule has 0 aliphatic rings. The third kappa shape index (κ3) is 3.42. The lowest BCUT2D eigenvalue weighted by Crippen LogP contribution is -2.37. The van der Waals surface area contributed by atoms with E-state index in [-0.39, 0.29) is 12.3 Å². The summed E-state index contributed by atoms with van der Waals surface area (Å²) in [6, 6.07) is 1.85. The van der Waals surface area contributed by atoms with Gasteiger partial charge in [0.15, 0.2) is 0 Å². The number of H-pyrrole nitrogens is 1. The van der Waals surface area contributed by atoms with E-state index >= 15 is 0 Å². The van der Waals surface area contributed by atoms with Gasteiger partial charge in [0.2, 0.25) is 5.91 Å². The van der Waals surface area contributed by atoms with Crippen molar-refractivity contribution >= 4 is 11.9 Å². The number of aromatic amines is 1. The summed E-state index contributed by atoms with van der Waals surface area (Å²) in [6.45, 7) is 3.65. The summed E-state index contributed by atoms with van der Waals surface area (Å²) in [5.41, 5.74) is 0.0711. The first-order valence-electron chi connectivity index (χ1n) is 5.03. The van der Waals surface area contributed by atoms with Crippen molar-refractivity contribution in [3.8, 4) is 0 Å². The van der Waals surface area contributed by atoms with E-state index in [1.807, 2.05) is 6.07 Å². The summed E-state index contributed by atoms with van der Waals surface area (Å²) in [7, 11) is 0. The number of amides is 1. The van der Waals surface area contributed by atoms with Gasteiger partial charge < -0.3 is 15.4 Å². The Bertz CT molecular complexity index is 369. The second kappa shape index (κ2) is 4.83. The predicted molar refractivity (Wildman–Crippen MR) is 58.7 cm³/mol. The van der Waals surface area contributed by atoms with Crippen molar-refractivity contribution in [1.82, 2.24) is 10.3 Å². The van der Waals surface area contributed by atoms with Gasteiger partial charge in [0.1, 0.15) is 0 Å². The number of nitrogens with one attached hydrogen (secondary N) is 2. The maximum Gasteiger partial charge on any atom is 0.304 e. The fraction of sp³-hybridized carbons (Fsp3) is 0.455. The zero-order valence-corrected chi connectivity index (χ0v) is 9.41. The topological polar surface area (TPSA) is 82.2 Å². The third-order valence-electron chi connectivity index (χ3n) is 2.32. The molecule has 0 fully saturated rings. The van der Waals surface area contributed by atoms with E-state index in [9.17, 15) is 9.59 Å². The minimum Gasteiger partial charge on any atom is -0.481 e. The van der Waals surface area contributed by atoms with Crippen LogP contribution in [0.25, 0.3) is 0 Å². The summed E-state index contributed by atoms with van der Waals surface area (Å²) >= 11 is 0. The zero-order valence-electron chi connectivity index (χ0n) is 9.41. The number of carboxylic acid groups (broad SMARTS) is 1.